The smallest absolute Gasteiger partial charge is 0.416 e. The number of rotatable bonds is 7. The van der Waals surface area contributed by atoms with Crippen molar-refractivity contribution in [3.63, 3.8) is 0 Å². The van der Waals surface area contributed by atoms with Crippen LogP contribution in [-0.2, 0) is 17.5 Å². The van der Waals surface area contributed by atoms with Gasteiger partial charge in [0.2, 0.25) is 0 Å². The standard InChI is InChI=1S/C31H34F3N5O4S/c1-19(21-7-5-6-8-22(21)31(32,33)34)42-25-16-26(44-27(25)28(35)40)39-18-36-23-10-9-20(15-24(23)39)17-37-11-13-38(14-12-37)29(41)43-30(2,3)4/h5-10,15-16,18-19H,11-14,17H2,1-4H3,(H2,35,40). The van der Waals surface area contributed by atoms with Gasteiger partial charge in [0.1, 0.15) is 33.7 Å². The van der Waals surface area contributed by atoms with Crippen LogP contribution in [0.5, 0.6) is 5.75 Å². The number of nitrogens with two attached hydrogens (primary N) is 1. The van der Waals surface area contributed by atoms with Gasteiger partial charge in [0.15, 0.2) is 0 Å². The maximum absolute atomic E-state index is 13.6. The largest absolute Gasteiger partial charge is 0.484 e. The number of amides is 2. The molecule has 2 amide bonds. The molecule has 1 aliphatic heterocycles. The van der Waals surface area contributed by atoms with E-state index >= 15 is 0 Å². The van der Waals surface area contributed by atoms with Gasteiger partial charge in [-0.15, -0.1) is 11.3 Å². The topological polar surface area (TPSA) is 103 Å². The minimum atomic E-state index is -4.56. The molecule has 0 bridgehead atoms. The van der Waals surface area contributed by atoms with Crippen LogP contribution in [0.25, 0.3) is 16.0 Å². The lowest BCUT2D eigenvalue weighted by Gasteiger charge is -2.35. The van der Waals surface area contributed by atoms with E-state index in [1.807, 2.05) is 39.0 Å². The van der Waals surface area contributed by atoms with Gasteiger partial charge in [0.05, 0.1) is 16.6 Å². The number of carbonyl (C=O) groups is 2. The molecular weight excluding hydrogens is 595 g/mol. The highest BCUT2D eigenvalue weighted by Crippen LogP contribution is 2.39. The van der Waals surface area contributed by atoms with Crippen LogP contribution in [0.4, 0.5) is 18.0 Å². The highest BCUT2D eigenvalue weighted by molar-refractivity contribution is 7.16. The normalized spacial score (nSPS) is 15.4. The van der Waals surface area contributed by atoms with Gasteiger partial charge in [-0.2, -0.15) is 13.2 Å². The number of halogens is 3. The molecule has 1 aliphatic rings. The van der Waals surface area contributed by atoms with E-state index in [-0.39, 0.29) is 22.3 Å². The number of hydrogen-bond acceptors (Lipinski definition) is 7. The van der Waals surface area contributed by atoms with Crippen molar-refractivity contribution in [2.75, 3.05) is 26.2 Å². The second-order valence-electron chi connectivity index (χ2n) is 11.7. The third-order valence-corrected chi connectivity index (χ3v) is 8.33. The summed E-state index contributed by atoms with van der Waals surface area (Å²) in [5.41, 5.74) is 6.80. The number of primary amides is 1. The van der Waals surface area contributed by atoms with E-state index in [9.17, 15) is 22.8 Å². The van der Waals surface area contributed by atoms with E-state index in [4.69, 9.17) is 15.2 Å². The number of ether oxygens (including phenoxy) is 2. The zero-order valence-electron chi connectivity index (χ0n) is 24.9. The van der Waals surface area contributed by atoms with Crippen LogP contribution in [0.2, 0.25) is 0 Å². The van der Waals surface area contributed by atoms with Gasteiger partial charge in [-0.3, -0.25) is 14.3 Å². The van der Waals surface area contributed by atoms with Gasteiger partial charge in [0.25, 0.3) is 5.91 Å². The first-order valence-electron chi connectivity index (χ1n) is 14.1. The minimum Gasteiger partial charge on any atom is -0.484 e. The Morgan fingerprint density at radius 1 is 1.05 bits per heavy atom. The SMILES string of the molecule is CC(Oc1cc(-n2cnc3ccc(CN4CCN(C(=O)OC(C)(C)C)CC4)cc32)sc1C(N)=O)c1ccccc1C(F)(F)F. The Balaban J connectivity index is 1.34. The molecule has 0 spiro atoms. The molecule has 2 N–H and O–H groups in total. The summed E-state index contributed by atoms with van der Waals surface area (Å²) in [6.45, 7) is 10.2. The maximum Gasteiger partial charge on any atom is 0.416 e. The number of thiophene rings is 1. The van der Waals surface area contributed by atoms with Crippen molar-refractivity contribution in [1.82, 2.24) is 19.4 Å². The Hall–Kier alpha value is -4.10. The summed E-state index contributed by atoms with van der Waals surface area (Å²) in [6, 6.07) is 12.7. The molecule has 1 unspecified atom stereocenters. The summed E-state index contributed by atoms with van der Waals surface area (Å²) in [5.74, 6) is -0.647. The van der Waals surface area contributed by atoms with E-state index in [2.05, 4.69) is 9.88 Å². The lowest BCUT2D eigenvalue weighted by atomic mass is 10.0. The third kappa shape index (κ3) is 6.99. The number of hydrogen-bond donors (Lipinski definition) is 1. The van der Waals surface area contributed by atoms with Crippen molar-refractivity contribution in [3.05, 3.63) is 76.4 Å². The molecule has 9 nitrogen and oxygen atoms in total. The molecule has 1 fully saturated rings. The monoisotopic (exact) mass is 629 g/mol. The molecule has 1 atom stereocenters. The number of carbonyl (C=O) groups excluding carboxylic acids is 2. The number of imidazole rings is 1. The molecule has 0 saturated carbocycles. The molecule has 2 aromatic carbocycles. The van der Waals surface area contributed by atoms with E-state index < -0.39 is 29.4 Å². The van der Waals surface area contributed by atoms with Crippen molar-refractivity contribution < 1.29 is 32.2 Å². The van der Waals surface area contributed by atoms with Crippen molar-refractivity contribution in [1.29, 1.82) is 0 Å². The van der Waals surface area contributed by atoms with Gasteiger partial charge in [-0.05, 0) is 51.5 Å². The summed E-state index contributed by atoms with van der Waals surface area (Å²) in [5, 5.41) is 0.579. The Labute approximate surface area is 257 Å². The molecule has 5 rings (SSSR count). The molecule has 2 aromatic heterocycles. The highest BCUT2D eigenvalue weighted by Gasteiger charge is 2.35. The van der Waals surface area contributed by atoms with Crippen LogP contribution in [-0.4, -0.2) is 63.1 Å². The Morgan fingerprint density at radius 3 is 2.41 bits per heavy atom. The van der Waals surface area contributed by atoms with Crippen LogP contribution >= 0.6 is 11.3 Å². The molecule has 0 aliphatic carbocycles. The summed E-state index contributed by atoms with van der Waals surface area (Å²) < 4.78 is 54.1. The van der Waals surface area contributed by atoms with Gasteiger partial charge < -0.3 is 20.1 Å². The number of alkyl halides is 3. The zero-order chi connectivity index (χ0) is 31.8. The van der Waals surface area contributed by atoms with E-state index in [1.165, 1.54) is 25.1 Å². The summed E-state index contributed by atoms with van der Waals surface area (Å²) in [4.78, 5) is 33.3. The molecular formula is C31H34F3N5O4S. The number of aromatic nitrogens is 2. The average Bonchev–Trinajstić information content (AvgIpc) is 3.56. The van der Waals surface area contributed by atoms with Crippen molar-refractivity contribution >= 4 is 34.4 Å². The Kier molecular flexibility index (Phi) is 8.63. The van der Waals surface area contributed by atoms with Crippen LogP contribution < -0.4 is 10.5 Å². The Morgan fingerprint density at radius 2 is 1.75 bits per heavy atom. The predicted molar refractivity (Wildman–Crippen MR) is 161 cm³/mol. The first kappa shape index (κ1) is 31.3. The Bertz CT molecular complexity index is 1670. The fourth-order valence-corrected chi connectivity index (χ4v) is 6.03. The molecule has 4 aromatic rings. The van der Waals surface area contributed by atoms with Gasteiger partial charge in [0, 0.05) is 44.4 Å². The number of benzene rings is 2. The second kappa shape index (κ2) is 12.1. The lowest BCUT2D eigenvalue weighted by Crippen LogP contribution is -2.49. The minimum absolute atomic E-state index is 0.0483. The lowest BCUT2D eigenvalue weighted by molar-refractivity contribution is -0.139. The van der Waals surface area contributed by atoms with Crippen molar-refractivity contribution in [3.8, 4) is 10.8 Å². The van der Waals surface area contributed by atoms with Gasteiger partial charge >= 0.3 is 12.3 Å². The summed E-state index contributed by atoms with van der Waals surface area (Å²) in [6.07, 6.45) is -4.25. The van der Waals surface area contributed by atoms with E-state index in [0.717, 1.165) is 34.0 Å². The quantitative estimate of drug-likeness (QED) is 0.254. The van der Waals surface area contributed by atoms with Crippen LogP contribution in [0.3, 0.4) is 0 Å². The number of fused-ring (bicyclic) bond motifs is 1. The first-order valence-corrected chi connectivity index (χ1v) is 14.9. The van der Waals surface area contributed by atoms with E-state index in [1.54, 1.807) is 21.9 Å². The number of nitrogens with zero attached hydrogens (tertiary/aromatic N) is 4. The number of piperazine rings is 1. The summed E-state index contributed by atoms with van der Waals surface area (Å²) in [7, 11) is 0. The zero-order valence-corrected chi connectivity index (χ0v) is 25.7. The van der Waals surface area contributed by atoms with Crippen LogP contribution in [0.15, 0.2) is 54.9 Å². The highest BCUT2D eigenvalue weighted by atomic mass is 32.1. The van der Waals surface area contributed by atoms with Crippen molar-refractivity contribution in [2.45, 2.75) is 52.1 Å². The molecule has 13 heteroatoms. The third-order valence-electron chi connectivity index (χ3n) is 7.20. The summed E-state index contributed by atoms with van der Waals surface area (Å²) >= 11 is 1.08. The predicted octanol–water partition coefficient (Wildman–Crippen LogP) is 6.40. The maximum atomic E-state index is 13.6. The van der Waals surface area contributed by atoms with E-state index in [0.29, 0.717) is 37.7 Å². The van der Waals surface area contributed by atoms with Crippen LogP contribution in [0.1, 0.15) is 60.2 Å². The first-order chi connectivity index (χ1) is 20.7. The van der Waals surface area contributed by atoms with Crippen LogP contribution in [0, 0.1) is 0 Å². The van der Waals surface area contributed by atoms with Gasteiger partial charge in [-0.1, -0.05) is 24.3 Å². The molecule has 0 radical (unpaired) electrons. The molecule has 1 saturated heterocycles. The van der Waals surface area contributed by atoms with Gasteiger partial charge in [-0.25, -0.2) is 9.78 Å². The molecule has 3 heterocycles. The second-order valence-corrected chi connectivity index (χ2v) is 12.7. The average molecular weight is 630 g/mol. The molecule has 44 heavy (non-hydrogen) atoms. The fraction of sp³-hybridized carbons (Fsp3) is 0.387. The van der Waals surface area contributed by atoms with Crippen molar-refractivity contribution in [2.24, 2.45) is 5.73 Å². The fourth-order valence-electron chi connectivity index (χ4n) is 5.10. The molecule has 234 valence electrons.